The summed E-state index contributed by atoms with van der Waals surface area (Å²) >= 11 is 0. The molecule has 0 aliphatic carbocycles. The number of aryl methyl sites for hydroxylation is 1. The molecule has 0 saturated carbocycles. The second-order valence-corrected chi connectivity index (χ2v) is 7.37. The third-order valence-electron chi connectivity index (χ3n) is 3.35. The van der Waals surface area contributed by atoms with Crippen LogP contribution in [0.2, 0.25) is 0 Å². The van der Waals surface area contributed by atoms with E-state index >= 15 is 0 Å². The van der Waals surface area contributed by atoms with Crippen LogP contribution in [0.3, 0.4) is 0 Å². The molecule has 1 fully saturated rings. The highest BCUT2D eigenvalue weighted by molar-refractivity contribution is 7.91. The minimum atomic E-state index is -4.10. The van der Waals surface area contributed by atoms with Gasteiger partial charge in [0.2, 0.25) is 5.85 Å². The molecule has 0 spiro atoms. The Kier molecular flexibility index (Phi) is 4.02. The van der Waals surface area contributed by atoms with E-state index in [4.69, 9.17) is 4.74 Å². The number of nitrogens with one attached hydrogen (secondary N) is 1. The van der Waals surface area contributed by atoms with Crippen LogP contribution in [0.4, 0.5) is 4.39 Å². The van der Waals surface area contributed by atoms with Crippen molar-refractivity contribution in [3.63, 3.8) is 0 Å². The number of hydrogen-bond acceptors (Lipinski definition) is 7. The number of hydrogen-bond donors (Lipinski definition) is 3. The largest absolute Gasteiger partial charge is 0.375 e. The fourth-order valence-electron chi connectivity index (χ4n) is 2.16. The summed E-state index contributed by atoms with van der Waals surface area (Å²) in [5.41, 5.74) is -3.71. The Hall–Kier alpha value is -1.56. The molecule has 1 saturated heterocycles. The molecule has 9 nitrogen and oxygen atoms in total. The van der Waals surface area contributed by atoms with Gasteiger partial charge in [0.1, 0.15) is 6.23 Å². The number of aliphatic hydroxyl groups excluding tert-OH is 1. The third-order valence-corrected chi connectivity index (χ3v) is 4.48. The zero-order valence-electron chi connectivity index (χ0n) is 11.7. The Morgan fingerprint density at radius 3 is 2.68 bits per heavy atom. The maximum atomic E-state index is 14.1. The van der Waals surface area contributed by atoms with E-state index in [0.717, 1.165) is 10.8 Å². The smallest absolute Gasteiger partial charge is 0.330 e. The van der Waals surface area contributed by atoms with Crippen LogP contribution < -0.4 is 11.2 Å². The topological polar surface area (TPSA) is 139 Å². The van der Waals surface area contributed by atoms with Crippen LogP contribution in [-0.4, -0.2) is 51.8 Å². The van der Waals surface area contributed by atoms with Crippen molar-refractivity contribution in [1.29, 1.82) is 0 Å². The summed E-state index contributed by atoms with van der Waals surface area (Å²) in [6, 6.07) is 0. The predicted molar refractivity (Wildman–Crippen MR) is 71.5 cm³/mol. The van der Waals surface area contributed by atoms with Gasteiger partial charge in [0.25, 0.3) is 5.56 Å². The minimum Gasteiger partial charge on any atom is -0.375 e. The number of rotatable bonds is 3. The van der Waals surface area contributed by atoms with Crippen LogP contribution in [0.5, 0.6) is 0 Å². The molecule has 1 aliphatic rings. The van der Waals surface area contributed by atoms with Gasteiger partial charge in [-0.25, -0.2) is 17.6 Å². The Balaban J connectivity index is 2.40. The Bertz CT molecular complexity index is 797. The highest BCUT2D eigenvalue weighted by Gasteiger charge is 2.54. The number of aliphatic hydroxyl groups is 2. The molecular weight excluding hydrogens is 323 g/mol. The number of sulfone groups is 1. The Morgan fingerprint density at radius 1 is 1.55 bits per heavy atom. The summed E-state index contributed by atoms with van der Waals surface area (Å²) in [6.07, 6.45) is -2.49. The molecule has 1 unspecified atom stereocenters. The van der Waals surface area contributed by atoms with Gasteiger partial charge in [0.15, 0.2) is 21.4 Å². The predicted octanol–water partition coefficient (Wildman–Crippen LogP) is -1.85. The second kappa shape index (κ2) is 5.26. The summed E-state index contributed by atoms with van der Waals surface area (Å²) in [5.74, 6) is -3.16. The van der Waals surface area contributed by atoms with Crippen LogP contribution in [0.1, 0.15) is 18.2 Å². The van der Waals surface area contributed by atoms with Gasteiger partial charge in [-0.05, 0) is 6.92 Å². The molecule has 11 heteroatoms. The molecule has 1 aliphatic heterocycles. The summed E-state index contributed by atoms with van der Waals surface area (Å²) in [4.78, 5) is 25.0. The summed E-state index contributed by atoms with van der Waals surface area (Å²) < 4.78 is 42.5. The van der Waals surface area contributed by atoms with Gasteiger partial charge in [-0.15, -0.1) is 0 Å². The van der Waals surface area contributed by atoms with Crippen molar-refractivity contribution in [2.45, 2.75) is 37.0 Å². The van der Waals surface area contributed by atoms with Crippen LogP contribution >= 0.6 is 0 Å². The first kappa shape index (κ1) is 16.8. The number of aromatic nitrogens is 2. The van der Waals surface area contributed by atoms with Crippen LogP contribution in [0, 0.1) is 6.92 Å². The lowest BCUT2D eigenvalue weighted by atomic mass is 10.1. The van der Waals surface area contributed by atoms with Crippen molar-refractivity contribution >= 4 is 9.84 Å². The Morgan fingerprint density at radius 2 is 2.14 bits per heavy atom. The second-order valence-electron chi connectivity index (χ2n) is 5.23. The number of ether oxygens (including phenoxy) is 1. The molecule has 2 heterocycles. The van der Waals surface area contributed by atoms with Crippen LogP contribution in [0.15, 0.2) is 15.8 Å². The highest BCUT2D eigenvalue weighted by Crippen LogP contribution is 2.39. The highest BCUT2D eigenvalue weighted by atomic mass is 32.2. The van der Waals surface area contributed by atoms with Gasteiger partial charge in [-0.3, -0.25) is 14.3 Å². The molecule has 2 rings (SSSR count). The summed E-state index contributed by atoms with van der Waals surface area (Å²) in [7, 11) is -4.10. The molecule has 1 aromatic heterocycles. The quantitative estimate of drug-likeness (QED) is 0.588. The minimum absolute atomic E-state index is 0.137. The average molecular weight is 338 g/mol. The molecule has 22 heavy (non-hydrogen) atoms. The fourth-order valence-corrected chi connectivity index (χ4v) is 2.88. The summed E-state index contributed by atoms with van der Waals surface area (Å²) in [6.45, 7) is 1.40. The number of alkyl halides is 1. The SMILES string of the molecule is Cc1cn([C@H]2C[C@@](O)(F)[C@@H](C(O)S(C)(=O)=O)O2)c(=O)[nH]c1=O. The molecule has 1 aromatic rings. The van der Waals surface area contributed by atoms with Crippen LogP contribution in [0.25, 0.3) is 0 Å². The fraction of sp³-hybridized carbons (Fsp3) is 0.636. The summed E-state index contributed by atoms with van der Waals surface area (Å²) in [5, 5.41) is 19.2. The van der Waals surface area contributed by atoms with E-state index in [-0.39, 0.29) is 5.56 Å². The maximum absolute atomic E-state index is 14.1. The van der Waals surface area contributed by atoms with Gasteiger partial charge < -0.3 is 14.9 Å². The van der Waals surface area contributed by atoms with E-state index in [1.165, 1.54) is 6.92 Å². The molecular formula is C11H15FN2O7S. The lowest BCUT2D eigenvalue weighted by Crippen LogP contribution is -2.45. The number of H-pyrrole nitrogens is 1. The molecule has 124 valence electrons. The van der Waals surface area contributed by atoms with E-state index in [9.17, 15) is 32.6 Å². The van der Waals surface area contributed by atoms with Crippen molar-refractivity contribution in [3.8, 4) is 0 Å². The number of aromatic amines is 1. The maximum Gasteiger partial charge on any atom is 0.330 e. The molecule has 0 aromatic carbocycles. The molecule has 4 atom stereocenters. The lowest BCUT2D eigenvalue weighted by molar-refractivity contribution is -0.158. The van der Waals surface area contributed by atoms with E-state index in [1.807, 2.05) is 4.98 Å². The Labute approximate surface area is 123 Å². The van der Waals surface area contributed by atoms with Crippen molar-refractivity contribution in [3.05, 3.63) is 32.6 Å². The molecule has 3 N–H and O–H groups in total. The lowest BCUT2D eigenvalue weighted by Gasteiger charge is -2.23. The first-order chi connectivity index (χ1) is 9.93. The van der Waals surface area contributed by atoms with E-state index in [0.29, 0.717) is 6.26 Å². The number of halogens is 1. The molecule has 0 amide bonds. The number of nitrogens with zero attached hydrogens (tertiary/aromatic N) is 1. The van der Waals surface area contributed by atoms with Gasteiger partial charge in [-0.2, -0.15) is 0 Å². The molecule has 0 bridgehead atoms. The average Bonchev–Trinajstić information content (AvgIpc) is 2.67. The van der Waals surface area contributed by atoms with Crippen molar-refractivity contribution in [2.24, 2.45) is 0 Å². The van der Waals surface area contributed by atoms with Gasteiger partial charge >= 0.3 is 5.69 Å². The standard InChI is InChI=1S/C11H15FN2O7S/c1-5-4-14(10(17)13-8(5)15)6-3-11(12,18)7(21-6)9(16)22(2,19)20/h4,6-7,9,16,18H,3H2,1-2H3,(H,13,15,17)/t6-,7-,9?,11+/m1/s1. The van der Waals surface area contributed by atoms with Crippen LogP contribution in [-0.2, 0) is 14.6 Å². The normalized spacial score (nSPS) is 30.4. The monoisotopic (exact) mass is 338 g/mol. The third kappa shape index (κ3) is 2.97. The van der Waals surface area contributed by atoms with Crippen molar-refractivity contribution in [2.75, 3.05) is 6.26 Å². The first-order valence-corrected chi connectivity index (χ1v) is 8.14. The van der Waals surface area contributed by atoms with Crippen molar-refractivity contribution in [1.82, 2.24) is 9.55 Å². The van der Waals surface area contributed by atoms with E-state index in [2.05, 4.69) is 0 Å². The zero-order chi connectivity index (χ0) is 16.9. The van der Waals surface area contributed by atoms with E-state index in [1.54, 1.807) is 0 Å². The molecule has 0 radical (unpaired) electrons. The van der Waals surface area contributed by atoms with Gasteiger partial charge in [0, 0.05) is 18.0 Å². The van der Waals surface area contributed by atoms with E-state index < -0.39 is 51.1 Å². The van der Waals surface area contributed by atoms with Crippen molar-refractivity contribution < 1.29 is 27.8 Å². The van der Waals surface area contributed by atoms with Gasteiger partial charge in [0.05, 0.1) is 6.42 Å². The zero-order valence-corrected chi connectivity index (χ0v) is 12.5. The first-order valence-electron chi connectivity index (χ1n) is 6.19. The van der Waals surface area contributed by atoms with Gasteiger partial charge in [-0.1, -0.05) is 0 Å².